The van der Waals surface area contributed by atoms with Crippen LogP contribution in [-0.4, -0.2) is 25.1 Å². The van der Waals surface area contributed by atoms with Gasteiger partial charge in [-0.3, -0.25) is 9.59 Å². The van der Waals surface area contributed by atoms with E-state index in [4.69, 9.17) is 27.9 Å². The Morgan fingerprint density at radius 1 is 1.00 bits per heavy atom. The lowest BCUT2D eigenvalue weighted by Gasteiger charge is -2.08. The van der Waals surface area contributed by atoms with Gasteiger partial charge in [0.1, 0.15) is 5.75 Å². The van der Waals surface area contributed by atoms with Gasteiger partial charge in [-0.15, -0.1) is 0 Å². The summed E-state index contributed by atoms with van der Waals surface area (Å²) in [6, 6.07) is 16.2. The molecule has 2 N–H and O–H groups in total. The molecular formula is C22H19Cl2N3O3. The highest BCUT2D eigenvalue weighted by Crippen LogP contribution is 2.27. The second-order valence-corrected chi connectivity index (χ2v) is 7.21. The second kappa shape index (κ2) is 10.1. The van der Waals surface area contributed by atoms with E-state index < -0.39 is 0 Å². The third kappa shape index (κ3) is 5.49. The molecule has 0 saturated heterocycles. The van der Waals surface area contributed by atoms with Gasteiger partial charge in [-0.05, 0) is 35.7 Å². The highest BCUT2D eigenvalue weighted by molar-refractivity contribution is 6.36. The van der Waals surface area contributed by atoms with E-state index in [1.54, 1.807) is 25.5 Å². The number of carbonyl (C=O) groups excluding carboxylic acids is 2. The zero-order chi connectivity index (χ0) is 21.5. The lowest BCUT2D eigenvalue weighted by molar-refractivity contribution is -0.124. The van der Waals surface area contributed by atoms with Crippen molar-refractivity contribution in [2.45, 2.75) is 12.8 Å². The number of nitrogens with zero attached hydrogens (tertiary/aromatic N) is 1. The Hall–Kier alpha value is -3.09. The van der Waals surface area contributed by atoms with Crippen molar-refractivity contribution in [2.75, 3.05) is 12.4 Å². The van der Waals surface area contributed by atoms with Gasteiger partial charge in [-0.1, -0.05) is 47.5 Å². The highest BCUT2D eigenvalue weighted by atomic mass is 35.5. The van der Waals surface area contributed by atoms with E-state index in [-0.39, 0.29) is 24.7 Å². The molecule has 0 aromatic heterocycles. The molecule has 0 aliphatic heterocycles. The van der Waals surface area contributed by atoms with Gasteiger partial charge in [0.15, 0.2) is 0 Å². The van der Waals surface area contributed by atoms with E-state index in [1.807, 2.05) is 36.4 Å². The fourth-order valence-corrected chi connectivity index (χ4v) is 3.30. The molecule has 0 aliphatic rings. The Morgan fingerprint density at radius 2 is 1.73 bits per heavy atom. The number of carbonyl (C=O) groups is 2. The smallest absolute Gasteiger partial charge is 0.240 e. The molecule has 0 unspecified atom stereocenters. The molecule has 3 rings (SSSR count). The lowest BCUT2D eigenvalue weighted by Crippen LogP contribution is -2.20. The number of methoxy groups -OCH3 is 1. The topological polar surface area (TPSA) is 79.8 Å². The van der Waals surface area contributed by atoms with Gasteiger partial charge < -0.3 is 10.1 Å². The maximum atomic E-state index is 12.0. The molecule has 2 amide bonds. The molecule has 0 atom stereocenters. The SMILES string of the molecule is COc1ccc(/C=N/NC(=O)CCC(=O)Nc2ccc(Cl)cc2Cl)c2ccccc12. The number of halogens is 2. The van der Waals surface area contributed by atoms with E-state index in [0.29, 0.717) is 15.7 Å². The summed E-state index contributed by atoms with van der Waals surface area (Å²) < 4.78 is 5.37. The van der Waals surface area contributed by atoms with Crippen LogP contribution in [0.5, 0.6) is 5.75 Å². The largest absolute Gasteiger partial charge is 0.496 e. The van der Waals surface area contributed by atoms with Crippen LogP contribution < -0.4 is 15.5 Å². The zero-order valence-electron chi connectivity index (χ0n) is 16.1. The molecule has 3 aromatic carbocycles. The second-order valence-electron chi connectivity index (χ2n) is 6.37. The van der Waals surface area contributed by atoms with Crippen molar-refractivity contribution in [3.05, 3.63) is 70.2 Å². The third-order valence-corrected chi connectivity index (χ3v) is 4.86. The third-order valence-electron chi connectivity index (χ3n) is 4.31. The van der Waals surface area contributed by atoms with Crippen molar-refractivity contribution in [3.63, 3.8) is 0 Å². The minimum absolute atomic E-state index is 0.00816. The van der Waals surface area contributed by atoms with Gasteiger partial charge in [0.2, 0.25) is 11.8 Å². The number of hydrogen-bond donors (Lipinski definition) is 2. The molecule has 0 fully saturated rings. The van der Waals surface area contributed by atoms with Crippen LogP contribution in [0.15, 0.2) is 59.7 Å². The molecule has 8 heteroatoms. The minimum Gasteiger partial charge on any atom is -0.496 e. The highest BCUT2D eigenvalue weighted by Gasteiger charge is 2.09. The van der Waals surface area contributed by atoms with Crippen LogP contribution in [0.25, 0.3) is 10.8 Å². The van der Waals surface area contributed by atoms with Gasteiger partial charge >= 0.3 is 0 Å². The fourth-order valence-electron chi connectivity index (χ4n) is 2.85. The standard InChI is InChI=1S/C22H19Cl2N3O3/c1-30-20-9-6-14(16-4-2-3-5-17(16)20)13-25-27-22(29)11-10-21(28)26-19-8-7-15(23)12-18(19)24/h2-9,12-13H,10-11H2,1H3,(H,26,28)(H,27,29)/b25-13+. The molecule has 0 heterocycles. The molecule has 0 bridgehead atoms. The molecule has 3 aromatic rings. The monoisotopic (exact) mass is 443 g/mol. The van der Waals surface area contributed by atoms with Crippen LogP contribution in [0, 0.1) is 0 Å². The van der Waals surface area contributed by atoms with Crippen LogP contribution in [0.2, 0.25) is 10.0 Å². The number of fused-ring (bicyclic) bond motifs is 1. The molecule has 0 aliphatic carbocycles. The average Bonchev–Trinajstić information content (AvgIpc) is 2.74. The zero-order valence-corrected chi connectivity index (χ0v) is 17.6. The first-order valence-electron chi connectivity index (χ1n) is 9.10. The van der Waals surface area contributed by atoms with E-state index >= 15 is 0 Å². The number of amides is 2. The first kappa shape index (κ1) is 21.6. The van der Waals surface area contributed by atoms with E-state index in [0.717, 1.165) is 22.1 Å². The van der Waals surface area contributed by atoms with Crippen molar-refractivity contribution >= 4 is 57.7 Å². The van der Waals surface area contributed by atoms with Gasteiger partial charge in [-0.2, -0.15) is 5.10 Å². The Balaban J connectivity index is 1.54. The molecule has 0 spiro atoms. The minimum atomic E-state index is -0.374. The quantitative estimate of drug-likeness (QED) is 0.397. The molecule has 6 nitrogen and oxygen atoms in total. The van der Waals surface area contributed by atoms with Crippen LogP contribution in [0.3, 0.4) is 0 Å². The Bertz CT molecular complexity index is 1120. The normalized spacial score (nSPS) is 10.9. The van der Waals surface area contributed by atoms with Crippen molar-refractivity contribution in [2.24, 2.45) is 5.10 Å². The number of nitrogens with one attached hydrogen (secondary N) is 2. The van der Waals surface area contributed by atoms with Crippen molar-refractivity contribution in [3.8, 4) is 5.75 Å². The van der Waals surface area contributed by atoms with E-state index in [1.165, 1.54) is 6.07 Å². The van der Waals surface area contributed by atoms with Crippen molar-refractivity contribution in [1.82, 2.24) is 5.43 Å². The molecule has 0 radical (unpaired) electrons. The Kier molecular flexibility index (Phi) is 7.27. The molecule has 0 saturated carbocycles. The number of hydrogen-bond acceptors (Lipinski definition) is 4. The predicted molar refractivity (Wildman–Crippen MR) is 121 cm³/mol. The summed E-state index contributed by atoms with van der Waals surface area (Å²) in [5.41, 5.74) is 3.71. The fraction of sp³-hybridized carbons (Fsp3) is 0.136. The molecule has 30 heavy (non-hydrogen) atoms. The number of hydrazone groups is 1. The summed E-state index contributed by atoms with van der Waals surface area (Å²) in [6.45, 7) is 0. The van der Waals surface area contributed by atoms with E-state index in [9.17, 15) is 9.59 Å². The van der Waals surface area contributed by atoms with Crippen LogP contribution in [0.4, 0.5) is 5.69 Å². The van der Waals surface area contributed by atoms with Crippen molar-refractivity contribution in [1.29, 1.82) is 0 Å². The predicted octanol–water partition coefficient (Wildman–Crippen LogP) is 5.02. The van der Waals surface area contributed by atoms with Gasteiger partial charge in [0.05, 0.1) is 24.0 Å². The van der Waals surface area contributed by atoms with Gasteiger partial charge in [-0.25, -0.2) is 5.43 Å². The average molecular weight is 444 g/mol. The summed E-state index contributed by atoms with van der Waals surface area (Å²) >= 11 is 11.8. The summed E-state index contributed by atoms with van der Waals surface area (Å²) in [5.74, 6) is 0.0551. The number of anilines is 1. The maximum absolute atomic E-state index is 12.0. The van der Waals surface area contributed by atoms with Crippen LogP contribution in [0.1, 0.15) is 18.4 Å². The first-order valence-corrected chi connectivity index (χ1v) is 9.86. The Labute approximate surface area is 183 Å². The van der Waals surface area contributed by atoms with Gasteiger partial charge in [0, 0.05) is 28.8 Å². The van der Waals surface area contributed by atoms with Crippen LogP contribution in [-0.2, 0) is 9.59 Å². The van der Waals surface area contributed by atoms with Crippen LogP contribution >= 0.6 is 23.2 Å². The number of ether oxygens (including phenoxy) is 1. The maximum Gasteiger partial charge on any atom is 0.240 e. The summed E-state index contributed by atoms with van der Waals surface area (Å²) in [4.78, 5) is 24.0. The van der Waals surface area contributed by atoms with Crippen molar-refractivity contribution < 1.29 is 14.3 Å². The Morgan fingerprint density at radius 3 is 2.47 bits per heavy atom. The number of benzene rings is 3. The summed E-state index contributed by atoms with van der Waals surface area (Å²) in [5, 5.41) is 9.35. The van der Waals surface area contributed by atoms with Gasteiger partial charge in [0.25, 0.3) is 0 Å². The number of rotatable bonds is 7. The first-order chi connectivity index (χ1) is 14.5. The summed E-state index contributed by atoms with van der Waals surface area (Å²) in [6.07, 6.45) is 1.54. The lowest BCUT2D eigenvalue weighted by atomic mass is 10.0. The van der Waals surface area contributed by atoms with E-state index in [2.05, 4.69) is 15.8 Å². The molecular weight excluding hydrogens is 425 g/mol. The molecule has 154 valence electrons. The summed E-state index contributed by atoms with van der Waals surface area (Å²) in [7, 11) is 1.62.